The van der Waals surface area contributed by atoms with E-state index in [1.54, 1.807) is 31.3 Å². The smallest absolute Gasteiger partial charge is 0.242 e. The molecule has 0 spiro atoms. The predicted molar refractivity (Wildman–Crippen MR) is 84.2 cm³/mol. The van der Waals surface area contributed by atoms with E-state index in [1.807, 2.05) is 24.3 Å². The second-order valence-corrected chi connectivity index (χ2v) is 6.85. The summed E-state index contributed by atoms with van der Waals surface area (Å²) in [7, 11) is -1.84. The molecule has 0 saturated heterocycles. The Kier molecular flexibility index (Phi) is 4.80. The first kappa shape index (κ1) is 15.0. The van der Waals surface area contributed by atoms with E-state index in [2.05, 4.69) is 26.0 Å². The summed E-state index contributed by atoms with van der Waals surface area (Å²) in [6, 6.07) is 14.3. The maximum atomic E-state index is 12.3. The number of benzene rings is 2. The van der Waals surface area contributed by atoms with Crippen molar-refractivity contribution < 1.29 is 8.42 Å². The molecule has 0 saturated carbocycles. The van der Waals surface area contributed by atoms with Gasteiger partial charge in [0.05, 0.1) is 5.69 Å². The highest BCUT2D eigenvalue weighted by Crippen LogP contribution is 2.20. The number of para-hydroxylation sites is 1. The number of rotatable bonds is 5. The second-order valence-electron chi connectivity index (χ2n) is 4.20. The van der Waals surface area contributed by atoms with Gasteiger partial charge in [-0.15, -0.1) is 0 Å². The quantitative estimate of drug-likeness (QED) is 0.867. The van der Waals surface area contributed by atoms with Gasteiger partial charge in [0.1, 0.15) is 4.90 Å². The summed E-state index contributed by atoms with van der Waals surface area (Å²) in [6.07, 6.45) is 0. The Morgan fingerprint density at radius 3 is 2.35 bits per heavy atom. The fourth-order valence-electron chi connectivity index (χ4n) is 1.77. The van der Waals surface area contributed by atoms with Gasteiger partial charge in [0.15, 0.2) is 0 Å². The van der Waals surface area contributed by atoms with E-state index in [0.717, 1.165) is 10.0 Å². The van der Waals surface area contributed by atoms with Crippen molar-refractivity contribution in [2.75, 3.05) is 12.4 Å². The molecule has 0 amide bonds. The molecule has 2 rings (SSSR count). The standard InChI is InChI=1S/C14H15BrN2O2S/c1-16-13-4-2-3-5-14(13)20(18,19)17-10-11-6-8-12(15)9-7-11/h2-9,16-17H,10H2,1H3. The summed E-state index contributed by atoms with van der Waals surface area (Å²) in [5, 5.41) is 2.88. The van der Waals surface area contributed by atoms with Crippen molar-refractivity contribution in [3.8, 4) is 0 Å². The van der Waals surface area contributed by atoms with Crippen LogP contribution in [0.4, 0.5) is 5.69 Å². The van der Waals surface area contributed by atoms with Crippen LogP contribution in [0.3, 0.4) is 0 Å². The molecule has 0 fully saturated rings. The SMILES string of the molecule is CNc1ccccc1S(=O)(=O)NCc1ccc(Br)cc1. The minimum atomic E-state index is -3.54. The van der Waals surface area contributed by atoms with Crippen LogP contribution < -0.4 is 10.0 Å². The minimum Gasteiger partial charge on any atom is -0.387 e. The highest BCUT2D eigenvalue weighted by Gasteiger charge is 2.17. The normalized spacial score (nSPS) is 11.3. The molecule has 4 nitrogen and oxygen atoms in total. The van der Waals surface area contributed by atoms with E-state index in [4.69, 9.17) is 0 Å². The van der Waals surface area contributed by atoms with Crippen LogP contribution in [-0.2, 0) is 16.6 Å². The fourth-order valence-corrected chi connectivity index (χ4v) is 3.26. The zero-order valence-corrected chi connectivity index (χ0v) is 13.3. The molecule has 0 unspecified atom stereocenters. The molecule has 0 aliphatic heterocycles. The van der Waals surface area contributed by atoms with Crippen molar-refractivity contribution in [3.63, 3.8) is 0 Å². The molecule has 106 valence electrons. The summed E-state index contributed by atoms with van der Waals surface area (Å²) in [4.78, 5) is 0.250. The number of halogens is 1. The summed E-state index contributed by atoms with van der Waals surface area (Å²) in [5.41, 5.74) is 1.48. The van der Waals surface area contributed by atoms with Crippen LogP contribution in [0, 0.1) is 0 Å². The Balaban J connectivity index is 2.17. The van der Waals surface area contributed by atoms with Gasteiger partial charge < -0.3 is 5.32 Å². The highest BCUT2D eigenvalue weighted by atomic mass is 79.9. The third-order valence-electron chi connectivity index (χ3n) is 2.83. The van der Waals surface area contributed by atoms with E-state index in [0.29, 0.717) is 5.69 Å². The van der Waals surface area contributed by atoms with Gasteiger partial charge in [0.25, 0.3) is 0 Å². The lowest BCUT2D eigenvalue weighted by atomic mass is 10.2. The largest absolute Gasteiger partial charge is 0.387 e. The molecule has 0 atom stereocenters. The number of hydrogen-bond donors (Lipinski definition) is 2. The van der Waals surface area contributed by atoms with Gasteiger partial charge >= 0.3 is 0 Å². The van der Waals surface area contributed by atoms with E-state index in [-0.39, 0.29) is 11.4 Å². The molecule has 0 aliphatic rings. The average Bonchev–Trinajstić information content (AvgIpc) is 2.46. The molecule has 0 radical (unpaired) electrons. The summed E-state index contributed by atoms with van der Waals surface area (Å²) in [5.74, 6) is 0. The Hall–Kier alpha value is -1.37. The van der Waals surface area contributed by atoms with Gasteiger partial charge in [-0.1, -0.05) is 40.2 Å². The van der Waals surface area contributed by atoms with Gasteiger partial charge in [-0.25, -0.2) is 13.1 Å². The van der Waals surface area contributed by atoms with Gasteiger partial charge in [0.2, 0.25) is 10.0 Å². The third-order valence-corrected chi connectivity index (χ3v) is 4.81. The summed E-state index contributed by atoms with van der Waals surface area (Å²) < 4.78 is 28.1. The van der Waals surface area contributed by atoms with Crippen molar-refractivity contribution in [3.05, 3.63) is 58.6 Å². The van der Waals surface area contributed by atoms with E-state index in [9.17, 15) is 8.42 Å². The van der Waals surface area contributed by atoms with Gasteiger partial charge in [0, 0.05) is 18.1 Å². The lowest BCUT2D eigenvalue weighted by Gasteiger charge is -2.11. The van der Waals surface area contributed by atoms with Gasteiger partial charge in [-0.2, -0.15) is 0 Å². The topological polar surface area (TPSA) is 58.2 Å². The van der Waals surface area contributed by atoms with Crippen molar-refractivity contribution in [2.45, 2.75) is 11.4 Å². The molecule has 6 heteroatoms. The maximum absolute atomic E-state index is 12.3. The monoisotopic (exact) mass is 354 g/mol. The van der Waals surface area contributed by atoms with Crippen LogP contribution in [0.15, 0.2) is 57.9 Å². The van der Waals surface area contributed by atoms with Crippen LogP contribution in [0.5, 0.6) is 0 Å². The second kappa shape index (κ2) is 6.39. The Morgan fingerprint density at radius 1 is 1.05 bits per heavy atom. The third kappa shape index (κ3) is 3.59. The molecular weight excluding hydrogens is 340 g/mol. The van der Waals surface area contributed by atoms with Crippen LogP contribution in [-0.4, -0.2) is 15.5 Å². The van der Waals surface area contributed by atoms with E-state index in [1.165, 1.54) is 0 Å². The number of anilines is 1. The molecule has 20 heavy (non-hydrogen) atoms. The average molecular weight is 355 g/mol. The van der Waals surface area contributed by atoms with Crippen molar-refractivity contribution in [1.82, 2.24) is 4.72 Å². The fraction of sp³-hybridized carbons (Fsp3) is 0.143. The number of nitrogens with one attached hydrogen (secondary N) is 2. The maximum Gasteiger partial charge on any atom is 0.242 e. The number of sulfonamides is 1. The van der Waals surface area contributed by atoms with Crippen LogP contribution in [0.2, 0.25) is 0 Å². The van der Waals surface area contributed by atoms with Crippen LogP contribution in [0.1, 0.15) is 5.56 Å². The Morgan fingerprint density at radius 2 is 1.70 bits per heavy atom. The molecule has 0 bridgehead atoms. The lowest BCUT2D eigenvalue weighted by Crippen LogP contribution is -2.24. The molecule has 2 N–H and O–H groups in total. The minimum absolute atomic E-state index is 0.250. The molecule has 2 aromatic rings. The molecule has 0 aliphatic carbocycles. The van der Waals surface area contributed by atoms with Crippen LogP contribution in [0.25, 0.3) is 0 Å². The highest BCUT2D eigenvalue weighted by molar-refractivity contribution is 9.10. The molecule has 0 aromatic heterocycles. The van der Waals surface area contributed by atoms with Crippen LogP contribution >= 0.6 is 15.9 Å². The molecule has 0 heterocycles. The van der Waals surface area contributed by atoms with Gasteiger partial charge in [-0.05, 0) is 29.8 Å². The van der Waals surface area contributed by atoms with Crippen molar-refractivity contribution in [1.29, 1.82) is 0 Å². The van der Waals surface area contributed by atoms with Crippen molar-refractivity contribution >= 4 is 31.6 Å². The Labute approximate surface area is 127 Å². The Bertz CT molecular complexity index is 685. The first-order valence-corrected chi connectivity index (χ1v) is 8.31. The first-order chi connectivity index (χ1) is 9.53. The molecular formula is C14H15BrN2O2S. The van der Waals surface area contributed by atoms with E-state index < -0.39 is 10.0 Å². The zero-order chi connectivity index (χ0) is 14.6. The number of hydrogen-bond acceptors (Lipinski definition) is 3. The van der Waals surface area contributed by atoms with E-state index >= 15 is 0 Å². The van der Waals surface area contributed by atoms with Gasteiger partial charge in [-0.3, -0.25) is 0 Å². The predicted octanol–water partition coefficient (Wildman–Crippen LogP) is 2.97. The first-order valence-electron chi connectivity index (χ1n) is 6.04. The summed E-state index contributed by atoms with van der Waals surface area (Å²) in [6.45, 7) is 0.258. The zero-order valence-electron chi connectivity index (χ0n) is 10.9. The van der Waals surface area contributed by atoms with Crippen molar-refractivity contribution in [2.24, 2.45) is 0 Å². The lowest BCUT2D eigenvalue weighted by molar-refractivity contribution is 0.581. The summed E-state index contributed by atoms with van der Waals surface area (Å²) >= 11 is 3.34. The molecule has 2 aromatic carbocycles.